The first kappa shape index (κ1) is 10.6. The van der Waals surface area contributed by atoms with Gasteiger partial charge in [0.05, 0.1) is 0 Å². The van der Waals surface area contributed by atoms with Crippen LogP contribution in [0.5, 0.6) is 0 Å². The van der Waals surface area contributed by atoms with Crippen molar-refractivity contribution in [2.45, 2.75) is 17.6 Å². The van der Waals surface area contributed by atoms with E-state index < -0.39 is 0 Å². The average molecular weight is 312 g/mol. The molecule has 0 nitrogen and oxygen atoms in total. The third kappa shape index (κ3) is 2.24. The Labute approximate surface area is 94.6 Å². The lowest BCUT2D eigenvalue weighted by Gasteiger charge is -2.06. The van der Waals surface area contributed by atoms with Crippen LogP contribution in [0.4, 0.5) is 0 Å². The minimum absolute atomic E-state index is 0.842. The van der Waals surface area contributed by atoms with Gasteiger partial charge in [0.25, 0.3) is 0 Å². The first-order chi connectivity index (χ1) is 5.69. The summed E-state index contributed by atoms with van der Waals surface area (Å²) in [7, 11) is 0. The van der Waals surface area contributed by atoms with Crippen LogP contribution in [-0.4, -0.2) is 0 Å². The summed E-state index contributed by atoms with van der Waals surface area (Å²) in [6, 6.07) is 4.13. The topological polar surface area (TPSA) is 0 Å². The van der Waals surface area contributed by atoms with Gasteiger partial charge in [-0.15, -0.1) is 0 Å². The maximum absolute atomic E-state index is 5.99. The van der Waals surface area contributed by atoms with Crippen LogP contribution in [0.1, 0.15) is 16.7 Å². The molecule has 0 atom stereocenters. The van der Waals surface area contributed by atoms with Crippen molar-refractivity contribution in [3.63, 3.8) is 0 Å². The number of aryl methyl sites for hydroxylation is 1. The Morgan fingerprint density at radius 3 is 2.17 bits per heavy atom. The number of halogens is 3. The van der Waals surface area contributed by atoms with Gasteiger partial charge in [-0.2, -0.15) is 0 Å². The largest absolute Gasteiger partial charge is 0.0876 e. The fourth-order valence-corrected chi connectivity index (χ4v) is 2.26. The molecule has 0 aromatic heterocycles. The van der Waals surface area contributed by atoms with Gasteiger partial charge in [0.2, 0.25) is 0 Å². The van der Waals surface area contributed by atoms with E-state index in [-0.39, 0.29) is 0 Å². The van der Waals surface area contributed by atoms with Crippen molar-refractivity contribution in [2.24, 2.45) is 0 Å². The Morgan fingerprint density at radius 1 is 1.17 bits per heavy atom. The van der Waals surface area contributed by atoms with Crippen LogP contribution < -0.4 is 0 Å². The van der Waals surface area contributed by atoms with Crippen LogP contribution in [0, 0.1) is 6.92 Å². The second-order valence-electron chi connectivity index (χ2n) is 2.64. The van der Waals surface area contributed by atoms with Crippen molar-refractivity contribution in [1.29, 1.82) is 0 Å². The number of benzene rings is 1. The van der Waals surface area contributed by atoms with E-state index in [1.165, 1.54) is 11.1 Å². The molecule has 12 heavy (non-hydrogen) atoms. The van der Waals surface area contributed by atoms with Gasteiger partial charge < -0.3 is 0 Å². The third-order valence-corrected chi connectivity index (χ3v) is 3.38. The highest BCUT2D eigenvalue weighted by Gasteiger charge is 2.03. The summed E-state index contributed by atoms with van der Waals surface area (Å²) in [6.07, 6.45) is 0. The SMILES string of the molecule is Cc1cc(CBr)c(CBr)cc1Cl. The molecule has 0 aliphatic heterocycles. The monoisotopic (exact) mass is 310 g/mol. The van der Waals surface area contributed by atoms with Crippen molar-refractivity contribution >= 4 is 43.5 Å². The fraction of sp³-hybridized carbons (Fsp3) is 0.333. The minimum Gasteiger partial charge on any atom is -0.0876 e. The van der Waals surface area contributed by atoms with E-state index in [2.05, 4.69) is 37.9 Å². The summed E-state index contributed by atoms with van der Waals surface area (Å²) >= 11 is 12.9. The van der Waals surface area contributed by atoms with Crippen molar-refractivity contribution in [2.75, 3.05) is 0 Å². The third-order valence-electron chi connectivity index (χ3n) is 1.77. The van der Waals surface area contributed by atoms with E-state index >= 15 is 0 Å². The molecule has 0 saturated heterocycles. The number of alkyl halides is 2. The van der Waals surface area contributed by atoms with E-state index in [0.29, 0.717) is 0 Å². The van der Waals surface area contributed by atoms with Crippen molar-refractivity contribution in [3.8, 4) is 0 Å². The van der Waals surface area contributed by atoms with Crippen LogP contribution in [0.3, 0.4) is 0 Å². The number of hydrogen-bond donors (Lipinski definition) is 0. The molecular formula is C9H9Br2Cl. The zero-order valence-corrected chi connectivity index (χ0v) is 10.6. The highest BCUT2D eigenvalue weighted by atomic mass is 79.9. The maximum Gasteiger partial charge on any atom is 0.0438 e. The van der Waals surface area contributed by atoms with E-state index in [9.17, 15) is 0 Å². The molecule has 66 valence electrons. The smallest absolute Gasteiger partial charge is 0.0438 e. The average Bonchev–Trinajstić information content (AvgIpc) is 2.09. The molecule has 1 aromatic carbocycles. The van der Waals surface area contributed by atoms with Crippen molar-refractivity contribution in [1.82, 2.24) is 0 Å². The minimum atomic E-state index is 0.842. The second-order valence-corrected chi connectivity index (χ2v) is 4.17. The van der Waals surface area contributed by atoms with Crippen LogP contribution in [0.15, 0.2) is 12.1 Å². The standard InChI is InChI=1S/C9H9Br2Cl/c1-6-2-7(4-10)8(5-11)3-9(6)12/h2-3H,4-5H2,1H3. The number of hydrogen-bond acceptors (Lipinski definition) is 0. The first-order valence-electron chi connectivity index (χ1n) is 3.59. The van der Waals surface area contributed by atoms with Crippen LogP contribution >= 0.6 is 43.5 Å². The molecule has 1 rings (SSSR count). The Balaban J connectivity index is 3.19. The molecule has 3 heteroatoms. The van der Waals surface area contributed by atoms with Gasteiger partial charge in [-0.1, -0.05) is 49.5 Å². The van der Waals surface area contributed by atoms with Gasteiger partial charge >= 0.3 is 0 Å². The van der Waals surface area contributed by atoms with Gasteiger partial charge in [-0.25, -0.2) is 0 Å². The van der Waals surface area contributed by atoms with Crippen LogP contribution in [0.2, 0.25) is 5.02 Å². The van der Waals surface area contributed by atoms with Crippen molar-refractivity contribution < 1.29 is 0 Å². The number of rotatable bonds is 2. The van der Waals surface area contributed by atoms with Gasteiger partial charge in [-0.3, -0.25) is 0 Å². The van der Waals surface area contributed by atoms with Gasteiger partial charge in [0.15, 0.2) is 0 Å². The zero-order valence-electron chi connectivity index (χ0n) is 6.70. The summed E-state index contributed by atoms with van der Waals surface area (Å²) in [5.41, 5.74) is 3.69. The Hall–Kier alpha value is 0.470. The van der Waals surface area contributed by atoms with E-state index in [1.807, 2.05) is 13.0 Å². The van der Waals surface area contributed by atoms with Gasteiger partial charge in [0.1, 0.15) is 0 Å². The predicted molar refractivity (Wildman–Crippen MR) is 61.5 cm³/mol. The summed E-state index contributed by atoms with van der Waals surface area (Å²) in [4.78, 5) is 0. The molecule has 0 aliphatic carbocycles. The second kappa shape index (κ2) is 4.64. The molecule has 0 amide bonds. The zero-order chi connectivity index (χ0) is 9.14. The maximum atomic E-state index is 5.99. The van der Waals surface area contributed by atoms with Gasteiger partial charge in [-0.05, 0) is 29.7 Å². The quantitative estimate of drug-likeness (QED) is 0.708. The van der Waals surface area contributed by atoms with E-state index in [0.717, 1.165) is 21.2 Å². The molecule has 0 N–H and O–H groups in total. The summed E-state index contributed by atoms with van der Waals surface area (Å²) < 4.78 is 0. The summed E-state index contributed by atoms with van der Waals surface area (Å²) in [6.45, 7) is 2.02. The first-order valence-corrected chi connectivity index (χ1v) is 6.21. The van der Waals surface area contributed by atoms with Crippen molar-refractivity contribution in [3.05, 3.63) is 33.8 Å². The Morgan fingerprint density at radius 2 is 1.67 bits per heavy atom. The summed E-state index contributed by atoms with van der Waals surface area (Å²) in [5.74, 6) is 0. The van der Waals surface area contributed by atoms with Gasteiger partial charge in [0, 0.05) is 15.7 Å². The van der Waals surface area contributed by atoms with E-state index in [1.54, 1.807) is 0 Å². The fourth-order valence-electron chi connectivity index (χ4n) is 1.03. The lowest BCUT2D eigenvalue weighted by atomic mass is 10.1. The highest BCUT2D eigenvalue weighted by molar-refractivity contribution is 9.09. The molecule has 1 aromatic rings. The van der Waals surface area contributed by atoms with Crippen LogP contribution in [-0.2, 0) is 10.7 Å². The molecule has 0 unspecified atom stereocenters. The lowest BCUT2D eigenvalue weighted by molar-refractivity contribution is 1.27. The summed E-state index contributed by atoms with van der Waals surface area (Å²) in [5, 5.41) is 2.58. The molecule has 0 spiro atoms. The predicted octanol–water partition coefficient (Wildman–Crippen LogP) is 4.44. The molecule has 0 heterocycles. The normalized spacial score (nSPS) is 10.3. The Kier molecular flexibility index (Phi) is 4.08. The Bertz CT molecular complexity index is 255. The lowest BCUT2D eigenvalue weighted by Crippen LogP contribution is -1.89. The highest BCUT2D eigenvalue weighted by Crippen LogP contribution is 2.24. The molecular weight excluding hydrogens is 303 g/mol. The molecule has 0 radical (unpaired) electrons. The molecule has 0 fully saturated rings. The molecule has 0 aliphatic rings. The van der Waals surface area contributed by atoms with Crippen LogP contribution in [0.25, 0.3) is 0 Å². The van der Waals surface area contributed by atoms with E-state index in [4.69, 9.17) is 11.6 Å². The molecule has 0 bridgehead atoms. The molecule has 0 saturated carbocycles.